The second-order valence-corrected chi connectivity index (χ2v) is 6.47. The maximum absolute atomic E-state index is 13.0. The van der Waals surface area contributed by atoms with Gasteiger partial charge in [-0.1, -0.05) is 12.1 Å². The third-order valence-electron chi connectivity index (χ3n) is 4.38. The van der Waals surface area contributed by atoms with Crippen molar-refractivity contribution in [3.05, 3.63) is 35.6 Å². The molecule has 4 nitrogen and oxygen atoms in total. The molecule has 1 fully saturated rings. The summed E-state index contributed by atoms with van der Waals surface area (Å²) in [6.45, 7) is 5.86. The summed E-state index contributed by atoms with van der Waals surface area (Å²) in [5.41, 5.74) is -0.968. The van der Waals surface area contributed by atoms with Crippen LogP contribution in [0.4, 0.5) is 4.39 Å². The lowest BCUT2D eigenvalue weighted by Crippen LogP contribution is -2.44. The lowest BCUT2D eigenvalue weighted by atomic mass is 9.83. The van der Waals surface area contributed by atoms with E-state index in [1.807, 2.05) is 0 Å². The van der Waals surface area contributed by atoms with E-state index < -0.39 is 16.8 Å². The highest BCUT2D eigenvalue weighted by Crippen LogP contribution is 2.34. The van der Waals surface area contributed by atoms with Crippen molar-refractivity contribution >= 4 is 11.9 Å². The van der Waals surface area contributed by atoms with Gasteiger partial charge in [-0.3, -0.25) is 9.59 Å². The lowest BCUT2D eigenvalue weighted by Gasteiger charge is -2.30. The summed E-state index contributed by atoms with van der Waals surface area (Å²) >= 11 is 0. The number of amides is 1. The number of likely N-dealkylation sites (tertiary alicyclic amines) is 1. The van der Waals surface area contributed by atoms with Crippen molar-refractivity contribution in [3.63, 3.8) is 0 Å². The van der Waals surface area contributed by atoms with Crippen LogP contribution >= 0.6 is 0 Å². The third kappa shape index (κ3) is 2.77. The second-order valence-electron chi connectivity index (χ2n) is 6.47. The van der Waals surface area contributed by atoms with E-state index in [2.05, 4.69) is 0 Å². The Labute approximate surface area is 123 Å². The fourth-order valence-electron chi connectivity index (χ4n) is 2.69. The molecule has 0 unspecified atom stereocenters. The van der Waals surface area contributed by atoms with Crippen molar-refractivity contribution in [3.8, 4) is 0 Å². The van der Waals surface area contributed by atoms with Gasteiger partial charge in [-0.2, -0.15) is 0 Å². The summed E-state index contributed by atoms with van der Waals surface area (Å²) in [5.74, 6) is -1.35. The van der Waals surface area contributed by atoms with Crippen molar-refractivity contribution in [1.29, 1.82) is 0 Å². The van der Waals surface area contributed by atoms with Gasteiger partial charge in [0.25, 0.3) is 0 Å². The number of hydrogen-bond acceptors (Lipinski definition) is 2. The second kappa shape index (κ2) is 5.13. The Balaban J connectivity index is 2.20. The topological polar surface area (TPSA) is 57.6 Å². The van der Waals surface area contributed by atoms with Crippen LogP contribution in [0.2, 0.25) is 0 Å². The fourth-order valence-corrected chi connectivity index (χ4v) is 2.69. The van der Waals surface area contributed by atoms with Gasteiger partial charge in [-0.25, -0.2) is 4.39 Å². The van der Waals surface area contributed by atoms with Crippen molar-refractivity contribution in [2.45, 2.75) is 32.6 Å². The molecule has 1 atom stereocenters. The van der Waals surface area contributed by atoms with Crippen LogP contribution < -0.4 is 0 Å². The molecule has 1 amide bonds. The summed E-state index contributed by atoms with van der Waals surface area (Å²) in [4.78, 5) is 25.6. The molecule has 0 aliphatic carbocycles. The number of benzene rings is 1. The maximum Gasteiger partial charge on any atom is 0.311 e. The molecule has 0 aromatic heterocycles. The highest BCUT2D eigenvalue weighted by molar-refractivity contribution is 5.88. The minimum atomic E-state index is -0.880. The zero-order valence-electron chi connectivity index (χ0n) is 12.5. The minimum Gasteiger partial charge on any atom is -0.481 e. The number of hydrogen-bond donors (Lipinski definition) is 1. The first-order valence-electron chi connectivity index (χ1n) is 6.96. The van der Waals surface area contributed by atoms with Gasteiger partial charge in [0.2, 0.25) is 5.91 Å². The predicted octanol–water partition coefficient (Wildman–Crippen LogP) is 2.43. The Morgan fingerprint density at radius 3 is 2.33 bits per heavy atom. The van der Waals surface area contributed by atoms with Crippen LogP contribution in [0.15, 0.2) is 24.3 Å². The number of nitrogens with zero attached hydrogens (tertiary/aromatic N) is 1. The molecule has 114 valence electrons. The van der Waals surface area contributed by atoms with Gasteiger partial charge in [-0.05, 0) is 44.9 Å². The van der Waals surface area contributed by atoms with Crippen LogP contribution in [0.1, 0.15) is 32.8 Å². The molecule has 0 radical (unpaired) electrons. The van der Waals surface area contributed by atoms with E-state index in [0.29, 0.717) is 13.0 Å². The standard InChI is InChI=1S/C16H20FNO3/c1-15(2,11-4-6-12(17)7-5-11)13(19)18-9-8-16(3,10-18)14(20)21/h4-7H,8-10H2,1-3H3,(H,20,21)/t16-/m1/s1. The van der Waals surface area contributed by atoms with Crippen LogP contribution in [-0.4, -0.2) is 35.0 Å². The fraction of sp³-hybridized carbons (Fsp3) is 0.500. The van der Waals surface area contributed by atoms with E-state index in [-0.39, 0.29) is 18.3 Å². The molecule has 1 aromatic rings. The zero-order valence-corrected chi connectivity index (χ0v) is 12.5. The Hall–Kier alpha value is -1.91. The smallest absolute Gasteiger partial charge is 0.311 e. The molecule has 1 saturated heterocycles. The summed E-state index contributed by atoms with van der Waals surface area (Å²) in [5, 5.41) is 9.24. The van der Waals surface area contributed by atoms with E-state index in [9.17, 15) is 19.1 Å². The van der Waals surface area contributed by atoms with Crippen molar-refractivity contribution in [2.75, 3.05) is 13.1 Å². The number of aliphatic carboxylic acids is 1. The summed E-state index contributed by atoms with van der Waals surface area (Å²) in [6, 6.07) is 5.85. The largest absolute Gasteiger partial charge is 0.481 e. The molecule has 1 aromatic carbocycles. The minimum absolute atomic E-state index is 0.126. The van der Waals surface area contributed by atoms with Crippen LogP contribution in [-0.2, 0) is 15.0 Å². The molecule has 1 heterocycles. The number of carboxylic acid groups (broad SMARTS) is 1. The van der Waals surface area contributed by atoms with Gasteiger partial charge in [0.15, 0.2) is 0 Å². The molecule has 1 aliphatic rings. The molecule has 0 bridgehead atoms. The Morgan fingerprint density at radius 2 is 1.86 bits per heavy atom. The van der Waals surface area contributed by atoms with Crippen molar-refractivity contribution in [2.24, 2.45) is 5.41 Å². The van der Waals surface area contributed by atoms with E-state index in [4.69, 9.17) is 0 Å². The number of carboxylic acids is 1. The monoisotopic (exact) mass is 293 g/mol. The first-order valence-corrected chi connectivity index (χ1v) is 6.96. The maximum atomic E-state index is 13.0. The Bertz CT molecular complexity index is 567. The molecule has 5 heteroatoms. The van der Waals surface area contributed by atoms with Gasteiger partial charge in [-0.15, -0.1) is 0 Å². The van der Waals surface area contributed by atoms with E-state index >= 15 is 0 Å². The first-order chi connectivity index (χ1) is 9.67. The average Bonchev–Trinajstić information content (AvgIpc) is 2.82. The number of carbonyl (C=O) groups excluding carboxylic acids is 1. The summed E-state index contributed by atoms with van der Waals surface area (Å²) < 4.78 is 13.0. The molecular formula is C16H20FNO3. The van der Waals surface area contributed by atoms with Crippen molar-refractivity contribution < 1.29 is 19.1 Å². The molecule has 1 aliphatic heterocycles. The summed E-state index contributed by atoms with van der Waals surface area (Å²) in [6.07, 6.45) is 0.452. The SMILES string of the molecule is CC(C)(C(=O)N1CC[C@@](C)(C(=O)O)C1)c1ccc(F)cc1. The molecule has 2 rings (SSSR count). The summed E-state index contributed by atoms with van der Waals surface area (Å²) in [7, 11) is 0. The molecule has 0 saturated carbocycles. The first kappa shape index (κ1) is 15.5. The highest BCUT2D eigenvalue weighted by atomic mass is 19.1. The van der Waals surface area contributed by atoms with Gasteiger partial charge >= 0.3 is 5.97 Å². The number of rotatable bonds is 3. The number of carbonyl (C=O) groups is 2. The van der Waals surface area contributed by atoms with Crippen molar-refractivity contribution in [1.82, 2.24) is 4.90 Å². The predicted molar refractivity (Wildman–Crippen MR) is 76.4 cm³/mol. The van der Waals surface area contributed by atoms with Gasteiger partial charge in [0.1, 0.15) is 5.82 Å². The zero-order chi connectivity index (χ0) is 15.8. The van der Waals surface area contributed by atoms with Gasteiger partial charge in [0.05, 0.1) is 10.8 Å². The van der Waals surface area contributed by atoms with Crippen LogP contribution in [0.5, 0.6) is 0 Å². The quantitative estimate of drug-likeness (QED) is 0.931. The van der Waals surface area contributed by atoms with E-state index in [0.717, 1.165) is 5.56 Å². The van der Waals surface area contributed by atoms with Crippen LogP contribution in [0.25, 0.3) is 0 Å². The molecule has 1 N–H and O–H groups in total. The molecule has 21 heavy (non-hydrogen) atoms. The number of halogens is 1. The van der Waals surface area contributed by atoms with Gasteiger partial charge in [0, 0.05) is 13.1 Å². The Morgan fingerprint density at radius 1 is 1.29 bits per heavy atom. The van der Waals surface area contributed by atoms with E-state index in [1.54, 1.807) is 37.8 Å². The molecular weight excluding hydrogens is 273 g/mol. The molecule has 0 spiro atoms. The van der Waals surface area contributed by atoms with Crippen LogP contribution in [0, 0.1) is 11.2 Å². The van der Waals surface area contributed by atoms with Gasteiger partial charge < -0.3 is 10.0 Å². The third-order valence-corrected chi connectivity index (χ3v) is 4.38. The normalized spacial score (nSPS) is 22.4. The Kier molecular flexibility index (Phi) is 3.78. The lowest BCUT2D eigenvalue weighted by molar-refractivity contribution is -0.147. The average molecular weight is 293 g/mol. The highest BCUT2D eigenvalue weighted by Gasteiger charge is 2.45. The van der Waals surface area contributed by atoms with Crippen LogP contribution in [0.3, 0.4) is 0 Å². The van der Waals surface area contributed by atoms with E-state index in [1.165, 1.54) is 12.1 Å².